The predicted molar refractivity (Wildman–Crippen MR) is 269 cm³/mol. The maximum absolute atomic E-state index is 14.1. The molecule has 10 unspecified atom stereocenters. The first-order chi connectivity index (χ1) is 37.2. The molecule has 0 spiro atoms. The summed E-state index contributed by atoms with van der Waals surface area (Å²) in [5, 5.41) is 51.1. The number of amides is 10. The second kappa shape index (κ2) is 33.2. The number of aliphatic hydroxyl groups is 1. The van der Waals surface area contributed by atoms with Crippen molar-refractivity contribution in [1.29, 1.82) is 0 Å². The number of hydrogen-bond acceptors (Lipinski definition) is 20. The molecule has 0 bridgehead atoms. The normalized spacial score (nSPS) is 24.4. The number of benzene rings is 1. The van der Waals surface area contributed by atoms with Crippen LogP contribution in [0.2, 0.25) is 0 Å². The number of nitrogens with two attached hydrogens (primary N) is 2. The van der Waals surface area contributed by atoms with Crippen molar-refractivity contribution in [1.82, 2.24) is 53.2 Å². The van der Waals surface area contributed by atoms with Gasteiger partial charge in [0.25, 0.3) is 0 Å². The highest BCUT2D eigenvalue weighted by Crippen LogP contribution is 2.17. The Kier molecular flexibility index (Phi) is 27.7. The summed E-state index contributed by atoms with van der Waals surface area (Å²) in [7, 11) is 0. The summed E-state index contributed by atoms with van der Waals surface area (Å²) in [5.41, 5.74) is 11.9. The van der Waals surface area contributed by atoms with Crippen molar-refractivity contribution in [2.75, 3.05) is 38.6 Å². The first-order valence-corrected chi connectivity index (χ1v) is 24.2. The second-order valence-corrected chi connectivity index (χ2v) is 17.7. The number of carbonyl (C=O) groups excluding carboxylic acids is 13. The molecule has 0 aromatic heterocycles. The van der Waals surface area contributed by atoms with Crippen molar-refractivity contribution in [2.45, 2.75) is 114 Å². The smallest absolute Gasteiger partial charge is 0.407 e. The quantitative estimate of drug-likeness (QED) is 0.0172. The molecule has 2 rings (SSSR count). The van der Waals surface area contributed by atoms with Crippen LogP contribution in [0.15, 0.2) is 36.9 Å². The first kappa shape index (κ1) is 66.0. The van der Waals surface area contributed by atoms with Gasteiger partial charge < -0.3 is 94.2 Å². The molecular formula is C47H66N12O20. The number of nitrogens with one attached hydrogen (secondary N) is 10. The molecule has 10 amide bonds. The van der Waals surface area contributed by atoms with Gasteiger partial charge in [-0.25, -0.2) is 9.59 Å². The van der Waals surface area contributed by atoms with E-state index in [1.165, 1.54) is 37.3 Å². The minimum absolute atomic E-state index is 0.0508. The van der Waals surface area contributed by atoms with Crippen molar-refractivity contribution in [3.05, 3.63) is 42.5 Å². The van der Waals surface area contributed by atoms with Gasteiger partial charge in [-0.2, -0.15) is 0 Å². The molecule has 10 atom stereocenters. The Balaban J connectivity index is 2.65. The van der Waals surface area contributed by atoms with E-state index in [-0.39, 0.29) is 43.5 Å². The van der Waals surface area contributed by atoms with Gasteiger partial charge in [0.2, 0.25) is 53.2 Å². The molecule has 32 nitrogen and oxygen atoms in total. The fourth-order valence-electron chi connectivity index (χ4n) is 7.04. The van der Waals surface area contributed by atoms with Crippen molar-refractivity contribution >= 4 is 94.9 Å². The van der Waals surface area contributed by atoms with Gasteiger partial charge in [0, 0.05) is 30.6 Å². The third-order valence-corrected chi connectivity index (χ3v) is 11.3. The summed E-state index contributed by atoms with van der Waals surface area (Å²) in [6.45, 7) is 3.34. The average molecular weight is 1120 g/mol. The molecule has 1 aliphatic rings. The average Bonchev–Trinajstić information content (AvgIpc) is 3.39. The predicted octanol–water partition coefficient (Wildman–Crippen LogP) is -6.38. The van der Waals surface area contributed by atoms with Gasteiger partial charge in [0.15, 0.2) is 5.78 Å². The Labute approximate surface area is 450 Å². The lowest BCUT2D eigenvalue weighted by Crippen LogP contribution is -2.60. The molecule has 1 heterocycles. The number of alkyl carbamates (subject to hydrolysis) is 1. The monoisotopic (exact) mass is 1120 g/mol. The third-order valence-electron chi connectivity index (χ3n) is 11.3. The van der Waals surface area contributed by atoms with Gasteiger partial charge in [-0.1, -0.05) is 31.7 Å². The van der Waals surface area contributed by atoms with Crippen LogP contribution in [0.4, 0.5) is 10.5 Å². The number of para-hydroxylation sites is 1. The largest absolute Gasteiger partial charge is 0.481 e. The van der Waals surface area contributed by atoms with Gasteiger partial charge in [0.1, 0.15) is 67.3 Å². The Morgan fingerprint density at radius 2 is 1.33 bits per heavy atom. The number of Topliss-reactive ketones (excluding diaryl/α,β-unsaturated/α-hetero) is 1. The van der Waals surface area contributed by atoms with Crippen LogP contribution in [0.3, 0.4) is 0 Å². The van der Waals surface area contributed by atoms with Crippen molar-refractivity contribution in [3.8, 4) is 0 Å². The van der Waals surface area contributed by atoms with Crippen LogP contribution in [0.1, 0.15) is 69.7 Å². The number of ether oxygens (including phenoxy) is 2. The number of hydrogen-bond donors (Lipinski definition) is 15. The van der Waals surface area contributed by atoms with E-state index < -0.39 is 189 Å². The molecular weight excluding hydrogens is 1050 g/mol. The minimum Gasteiger partial charge on any atom is -0.481 e. The number of anilines is 1. The molecule has 1 fully saturated rings. The van der Waals surface area contributed by atoms with E-state index in [0.717, 1.165) is 13.8 Å². The number of nitrogen functional groups attached to an aromatic ring is 1. The molecule has 17 N–H and O–H groups in total. The Morgan fingerprint density at radius 1 is 0.747 bits per heavy atom. The third kappa shape index (κ3) is 23.0. The lowest BCUT2D eigenvalue weighted by molar-refractivity contribution is -0.155. The van der Waals surface area contributed by atoms with Crippen LogP contribution in [0.25, 0.3) is 0 Å². The zero-order valence-electron chi connectivity index (χ0n) is 43.2. The van der Waals surface area contributed by atoms with Crippen LogP contribution < -0.4 is 64.6 Å². The van der Waals surface area contributed by atoms with Crippen LogP contribution in [-0.4, -0.2) is 192 Å². The molecule has 1 aromatic carbocycles. The number of carbonyl (C=O) groups is 15. The minimum atomic E-state index is -2.01. The van der Waals surface area contributed by atoms with E-state index in [4.69, 9.17) is 20.9 Å². The second-order valence-electron chi connectivity index (χ2n) is 17.7. The molecule has 0 saturated carbocycles. The molecule has 1 aromatic rings. The van der Waals surface area contributed by atoms with E-state index in [1.807, 2.05) is 10.6 Å². The molecule has 434 valence electrons. The standard InChI is InChI=1S/C47H66N12O20/c1-5-15-78-47(77)50-13-8-11-27-42(72)56-28(12-14-60)41(71)53-23(3)39(69)57-29(18-36(67)68)40(70)51-19-34(64)55-31(21-61)43(73)59-38(22(2)16-35(65)66)45(75)58-30(17-32(62)25-9-6-7-10-26(25)48)46(76)79-24(4)37(49)44(74)52-20-33(63)54-27/h5-7,9-10,14,22-24,27-31,37-38,61H,1,8,11-13,15-21,48-49H2,2-4H3,(H,50,77)(H,51,70)(H,52,74)(H,53,71)(H,54,63)(H,55,64)(H,56,72)(H,57,69)(H,58,75)(H,59,73)(H,65,66)(H,67,68). The number of esters is 1. The van der Waals surface area contributed by atoms with Gasteiger partial charge in [0.05, 0.1) is 32.5 Å². The number of cyclic esters (lactones) is 1. The number of ketones is 1. The molecule has 32 heteroatoms. The Hall–Kier alpha value is -9.07. The van der Waals surface area contributed by atoms with Gasteiger partial charge in [-0.3, -0.25) is 57.5 Å². The van der Waals surface area contributed by atoms with Gasteiger partial charge >= 0.3 is 24.0 Å². The highest BCUT2D eigenvalue weighted by atomic mass is 16.6. The van der Waals surface area contributed by atoms with Crippen LogP contribution in [0, 0.1) is 5.92 Å². The zero-order chi connectivity index (χ0) is 59.5. The number of aliphatic hydroxyl groups excluding tert-OH is 1. The number of aliphatic carboxylic acids is 2. The van der Waals surface area contributed by atoms with E-state index in [2.05, 4.69) is 49.1 Å². The summed E-state index contributed by atoms with van der Waals surface area (Å²) >= 11 is 0. The molecule has 1 saturated heterocycles. The Morgan fingerprint density at radius 3 is 1.92 bits per heavy atom. The SMILES string of the molecule is C=CCOC(=O)NCCCC1NC(=O)CNC(=O)C(N)C(C)OC(=O)C(CC(=O)c2ccccc2N)NC(=O)C(C(C)CC(=O)O)NC(=O)C(CO)NC(=O)CNC(=O)C(CC(=O)O)NC(=O)C(C)NC(=O)C(CC=O)NC1=O. The van der Waals surface area contributed by atoms with Crippen LogP contribution >= 0.6 is 0 Å². The lowest BCUT2D eigenvalue weighted by Gasteiger charge is -2.28. The summed E-state index contributed by atoms with van der Waals surface area (Å²) < 4.78 is 10.2. The summed E-state index contributed by atoms with van der Waals surface area (Å²) in [6.07, 6.45) is -4.87. The van der Waals surface area contributed by atoms with Crippen LogP contribution in [0.5, 0.6) is 0 Å². The molecule has 0 aliphatic carbocycles. The Bertz CT molecular complexity index is 2460. The highest BCUT2D eigenvalue weighted by molar-refractivity contribution is 6.04. The van der Waals surface area contributed by atoms with Gasteiger partial charge in [-0.05, 0) is 44.7 Å². The van der Waals surface area contributed by atoms with Crippen molar-refractivity contribution in [2.24, 2.45) is 11.7 Å². The van der Waals surface area contributed by atoms with E-state index >= 15 is 0 Å². The number of carboxylic acid groups (broad SMARTS) is 2. The maximum atomic E-state index is 14.1. The van der Waals surface area contributed by atoms with Crippen LogP contribution in [-0.2, 0) is 71.8 Å². The highest BCUT2D eigenvalue weighted by Gasteiger charge is 2.37. The first-order valence-electron chi connectivity index (χ1n) is 24.2. The summed E-state index contributed by atoms with van der Waals surface area (Å²) in [5.74, 6) is -17.6. The number of rotatable bonds is 17. The topological polar surface area (TPSA) is 508 Å². The van der Waals surface area contributed by atoms with E-state index in [1.54, 1.807) is 0 Å². The number of carboxylic acids is 2. The van der Waals surface area contributed by atoms with Crippen molar-refractivity contribution < 1.29 is 96.7 Å². The number of aldehydes is 1. The van der Waals surface area contributed by atoms with Crippen molar-refractivity contribution in [3.63, 3.8) is 0 Å². The maximum Gasteiger partial charge on any atom is 0.407 e. The van der Waals surface area contributed by atoms with Gasteiger partial charge in [-0.15, -0.1) is 0 Å². The fourth-order valence-corrected chi connectivity index (χ4v) is 7.04. The summed E-state index contributed by atoms with van der Waals surface area (Å²) in [4.78, 5) is 195. The molecule has 0 radical (unpaired) electrons. The summed E-state index contributed by atoms with van der Waals surface area (Å²) in [6, 6.07) is -9.04. The lowest BCUT2D eigenvalue weighted by atomic mass is 9.96. The molecule has 79 heavy (non-hydrogen) atoms. The fraction of sp³-hybridized carbons (Fsp3) is 0.511. The zero-order valence-corrected chi connectivity index (χ0v) is 43.2. The van der Waals surface area contributed by atoms with E-state index in [9.17, 15) is 87.2 Å². The molecule has 1 aliphatic heterocycles. The van der Waals surface area contributed by atoms with E-state index in [0.29, 0.717) is 0 Å².